The van der Waals surface area contributed by atoms with Crippen LogP contribution in [0.25, 0.3) is 5.78 Å². The number of fused-ring (bicyclic) bond motifs is 1. The third-order valence-corrected chi connectivity index (χ3v) is 5.73. The van der Waals surface area contributed by atoms with Crippen molar-refractivity contribution in [3.8, 4) is 0 Å². The summed E-state index contributed by atoms with van der Waals surface area (Å²) in [6.45, 7) is 5.33. The molecule has 0 aliphatic carbocycles. The van der Waals surface area contributed by atoms with Crippen LogP contribution in [-0.2, 0) is 28.7 Å². The first-order valence-electron chi connectivity index (χ1n) is 10.8. The molecule has 12 heteroatoms. The van der Waals surface area contributed by atoms with Gasteiger partial charge >= 0.3 is 6.18 Å². The van der Waals surface area contributed by atoms with Crippen molar-refractivity contribution in [2.45, 2.75) is 39.4 Å². The minimum atomic E-state index is -4.66. The Morgan fingerprint density at radius 3 is 2.59 bits per heavy atom. The first-order valence-corrected chi connectivity index (χ1v) is 10.8. The first kappa shape index (κ1) is 23.5. The van der Waals surface area contributed by atoms with Gasteiger partial charge in [0, 0.05) is 43.1 Å². The van der Waals surface area contributed by atoms with E-state index < -0.39 is 12.0 Å². The number of carbonyl (C=O) groups excluding carboxylic acids is 2. The van der Waals surface area contributed by atoms with Crippen LogP contribution in [0.2, 0.25) is 0 Å². The predicted molar refractivity (Wildman–Crippen MR) is 117 cm³/mol. The molecule has 0 saturated carbocycles. The molecule has 1 aliphatic heterocycles. The van der Waals surface area contributed by atoms with Crippen molar-refractivity contribution in [1.82, 2.24) is 30.2 Å². The predicted octanol–water partition coefficient (Wildman–Crippen LogP) is 1.95. The van der Waals surface area contributed by atoms with E-state index in [-0.39, 0.29) is 24.0 Å². The molecule has 9 nitrogen and oxygen atoms in total. The van der Waals surface area contributed by atoms with Gasteiger partial charge in [-0.05, 0) is 43.5 Å². The van der Waals surface area contributed by atoms with Crippen LogP contribution in [0.3, 0.4) is 0 Å². The van der Waals surface area contributed by atoms with Gasteiger partial charge in [0.2, 0.25) is 11.8 Å². The highest BCUT2D eigenvalue weighted by Gasteiger charge is 2.37. The average molecular weight is 475 g/mol. The van der Waals surface area contributed by atoms with Gasteiger partial charge in [-0.15, -0.1) is 5.10 Å². The highest BCUT2D eigenvalue weighted by molar-refractivity contribution is 5.82. The van der Waals surface area contributed by atoms with Crippen LogP contribution in [0.1, 0.15) is 34.8 Å². The molecule has 0 unspecified atom stereocenters. The van der Waals surface area contributed by atoms with Crippen molar-refractivity contribution in [3.63, 3.8) is 0 Å². The first-order chi connectivity index (χ1) is 16.1. The maximum atomic E-state index is 12.9. The lowest BCUT2D eigenvalue weighted by Gasteiger charge is -2.28. The Kier molecular flexibility index (Phi) is 6.40. The van der Waals surface area contributed by atoms with E-state index in [2.05, 4.69) is 25.7 Å². The third-order valence-electron chi connectivity index (χ3n) is 5.73. The molecule has 0 radical (unpaired) electrons. The number of alkyl halides is 3. The normalized spacial score (nSPS) is 14.4. The molecule has 4 rings (SSSR count). The van der Waals surface area contributed by atoms with E-state index in [1.807, 2.05) is 29.2 Å². The molecular weight excluding hydrogens is 451 g/mol. The van der Waals surface area contributed by atoms with Gasteiger partial charge in [-0.2, -0.15) is 18.2 Å². The molecule has 1 aliphatic rings. The number of aryl methyl sites for hydroxylation is 2. The average Bonchev–Trinajstić information content (AvgIpc) is 3.23. The summed E-state index contributed by atoms with van der Waals surface area (Å²) in [6.07, 6.45) is -4.20. The highest BCUT2D eigenvalue weighted by Crippen LogP contribution is 2.27. The SMILES string of the molecule is Cc1nc2nc(C(F)(F)F)nn2c(C)c1CCC(=O)NCc1ccc(N2CCNC(=O)C2)cc1. The van der Waals surface area contributed by atoms with E-state index in [1.165, 1.54) is 0 Å². The van der Waals surface area contributed by atoms with Crippen molar-refractivity contribution >= 4 is 23.3 Å². The monoisotopic (exact) mass is 475 g/mol. The smallest absolute Gasteiger partial charge is 0.360 e. The Morgan fingerprint density at radius 1 is 1.18 bits per heavy atom. The van der Waals surface area contributed by atoms with Gasteiger partial charge in [0.05, 0.1) is 6.54 Å². The lowest BCUT2D eigenvalue weighted by Crippen LogP contribution is -2.47. The number of anilines is 1. The number of carbonyl (C=O) groups is 2. The lowest BCUT2D eigenvalue weighted by molar-refractivity contribution is -0.144. The van der Waals surface area contributed by atoms with Crippen LogP contribution in [0, 0.1) is 13.8 Å². The Hall–Kier alpha value is -3.70. The highest BCUT2D eigenvalue weighted by atomic mass is 19.4. The summed E-state index contributed by atoms with van der Waals surface area (Å²) >= 11 is 0. The van der Waals surface area contributed by atoms with E-state index in [4.69, 9.17) is 0 Å². The maximum Gasteiger partial charge on any atom is 0.453 e. The third kappa shape index (κ3) is 5.10. The van der Waals surface area contributed by atoms with Crippen molar-refractivity contribution in [1.29, 1.82) is 0 Å². The largest absolute Gasteiger partial charge is 0.453 e. The number of hydrogen-bond acceptors (Lipinski definition) is 6. The number of hydrogen-bond donors (Lipinski definition) is 2. The fraction of sp³-hybridized carbons (Fsp3) is 0.409. The summed E-state index contributed by atoms with van der Waals surface area (Å²) in [5.74, 6) is -1.56. The van der Waals surface area contributed by atoms with Crippen LogP contribution in [0.15, 0.2) is 24.3 Å². The molecule has 1 aromatic carbocycles. The summed E-state index contributed by atoms with van der Waals surface area (Å²) in [4.78, 5) is 33.5. The molecule has 3 aromatic rings. The molecule has 0 bridgehead atoms. The Morgan fingerprint density at radius 2 is 1.91 bits per heavy atom. The lowest BCUT2D eigenvalue weighted by atomic mass is 10.1. The number of benzene rings is 1. The van der Waals surface area contributed by atoms with Gasteiger partial charge in [0.15, 0.2) is 0 Å². The molecule has 0 spiro atoms. The maximum absolute atomic E-state index is 12.9. The Labute approximate surface area is 193 Å². The second-order valence-electron chi connectivity index (χ2n) is 8.12. The molecule has 34 heavy (non-hydrogen) atoms. The van der Waals surface area contributed by atoms with Crippen LogP contribution in [0.5, 0.6) is 0 Å². The number of halogens is 3. The molecule has 2 N–H and O–H groups in total. The number of amides is 2. The fourth-order valence-corrected chi connectivity index (χ4v) is 3.90. The van der Waals surface area contributed by atoms with Gasteiger partial charge < -0.3 is 15.5 Å². The van der Waals surface area contributed by atoms with Crippen molar-refractivity contribution < 1.29 is 22.8 Å². The number of aromatic nitrogens is 4. The van der Waals surface area contributed by atoms with Gasteiger partial charge in [0.1, 0.15) is 0 Å². The van der Waals surface area contributed by atoms with Gasteiger partial charge in [-0.1, -0.05) is 12.1 Å². The topological polar surface area (TPSA) is 105 Å². The number of rotatable bonds is 6. The van der Waals surface area contributed by atoms with Crippen LogP contribution < -0.4 is 15.5 Å². The molecular formula is C22H24F3N7O2. The van der Waals surface area contributed by atoms with E-state index in [0.717, 1.165) is 22.3 Å². The van der Waals surface area contributed by atoms with E-state index in [0.29, 0.717) is 43.0 Å². The van der Waals surface area contributed by atoms with Gasteiger partial charge in [-0.3, -0.25) is 9.59 Å². The molecule has 1 fully saturated rings. The molecule has 2 aromatic heterocycles. The second kappa shape index (κ2) is 9.27. The number of piperazine rings is 1. The summed E-state index contributed by atoms with van der Waals surface area (Å²) < 4.78 is 39.9. The Bertz CT molecular complexity index is 1220. The molecule has 180 valence electrons. The van der Waals surface area contributed by atoms with Gasteiger partial charge in [-0.25, -0.2) is 9.50 Å². The zero-order valence-corrected chi connectivity index (χ0v) is 18.7. The zero-order valence-electron chi connectivity index (χ0n) is 18.7. The minimum Gasteiger partial charge on any atom is -0.360 e. The van der Waals surface area contributed by atoms with Gasteiger partial charge in [0.25, 0.3) is 11.6 Å². The molecule has 2 amide bonds. The summed E-state index contributed by atoms with van der Waals surface area (Å²) in [5, 5.41) is 9.17. The van der Waals surface area contributed by atoms with E-state index >= 15 is 0 Å². The molecule has 3 heterocycles. The summed E-state index contributed by atoms with van der Waals surface area (Å²) in [7, 11) is 0. The van der Waals surface area contributed by atoms with Crippen LogP contribution in [0.4, 0.5) is 18.9 Å². The zero-order chi connectivity index (χ0) is 24.5. The summed E-state index contributed by atoms with van der Waals surface area (Å²) in [6, 6.07) is 7.64. The number of nitrogens with zero attached hydrogens (tertiary/aromatic N) is 5. The fourth-order valence-electron chi connectivity index (χ4n) is 3.90. The molecule has 0 atom stereocenters. The van der Waals surface area contributed by atoms with Crippen molar-refractivity contribution in [2.75, 3.05) is 24.5 Å². The van der Waals surface area contributed by atoms with Crippen molar-refractivity contribution in [3.05, 3.63) is 52.6 Å². The van der Waals surface area contributed by atoms with Crippen molar-refractivity contribution in [2.24, 2.45) is 0 Å². The quantitative estimate of drug-likeness (QED) is 0.565. The number of nitrogens with one attached hydrogen (secondary N) is 2. The van der Waals surface area contributed by atoms with Crippen LogP contribution >= 0.6 is 0 Å². The second-order valence-corrected chi connectivity index (χ2v) is 8.12. The molecule has 1 saturated heterocycles. The standard InChI is InChI=1S/C22H24F3N7O2/c1-13-17(14(2)32-21(28-13)29-20(30-32)22(23,24)25)7-8-18(33)27-11-15-3-5-16(6-4-15)31-10-9-26-19(34)12-31/h3-6H,7-12H2,1-2H3,(H,26,34)(H,27,33). The Balaban J connectivity index is 1.34. The van der Waals surface area contributed by atoms with E-state index in [1.54, 1.807) is 13.8 Å². The minimum absolute atomic E-state index is 0.00738. The summed E-state index contributed by atoms with van der Waals surface area (Å²) in [5.41, 5.74) is 3.51. The van der Waals surface area contributed by atoms with Crippen LogP contribution in [-0.4, -0.2) is 51.0 Å². The van der Waals surface area contributed by atoms with E-state index in [9.17, 15) is 22.8 Å².